The summed E-state index contributed by atoms with van der Waals surface area (Å²) in [6, 6.07) is 0. The maximum atomic E-state index is 6.42. The molecule has 21 heavy (non-hydrogen) atoms. The molecule has 0 amide bonds. The molecule has 1 rings (SSSR count). The van der Waals surface area contributed by atoms with E-state index in [1.807, 2.05) is 0 Å². The van der Waals surface area contributed by atoms with Gasteiger partial charge in [-0.1, -0.05) is 0 Å². The number of hydrogen-bond donors (Lipinski definition) is 0. The fourth-order valence-corrected chi connectivity index (χ4v) is 19.3. The van der Waals surface area contributed by atoms with Gasteiger partial charge in [-0.25, -0.2) is 0 Å². The molecular weight excluding hydrogens is 404 g/mol. The molecule has 0 saturated heterocycles. The predicted octanol–water partition coefficient (Wildman–Crippen LogP) is 4.40. The second-order valence-corrected chi connectivity index (χ2v) is 18.9. The first-order valence-corrected chi connectivity index (χ1v) is 18.4. The van der Waals surface area contributed by atoms with Gasteiger partial charge in [0.15, 0.2) is 0 Å². The average Bonchev–Trinajstić information content (AvgIpc) is 2.74. The second kappa shape index (κ2) is 8.59. The Bertz CT molecular complexity index is 374. The Balaban J connectivity index is 3.29. The van der Waals surface area contributed by atoms with E-state index in [4.69, 9.17) is 8.44 Å². The van der Waals surface area contributed by atoms with E-state index in [1.54, 1.807) is 4.41 Å². The topological polar surface area (TPSA) is 27.7 Å². The summed E-state index contributed by atoms with van der Waals surface area (Å²) in [6.45, 7) is 12.5. The zero-order valence-corrected chi connectivity index (χ0v) is 19.8. The Labute approximate surface area is 141 Å². The molecule has 0 saturated carbocycles. The molecule has 0 aliphatic heterocycles. The van der Waals surface area contributed by atoms with Crippen LogP contribution in [0.4, 0.5) is 0 Å². The molecule has 0 heterocycles. The third-order valence-corrected chi connectivity index (χ3v) is 17.2. The third kappa shape index (κ3) is 5.73. The van der Waals surface area contributed by atoms with Crippen LogP contribution in [-0.2, 0) is 30.0 Å². The van der Waals surface area contributed by atoms with Crippen LogP contribution in [0.15, 0.2) is 19.8 Å². The van der Waals surface area contributed by atoms with Crippen LogP contribution in [0.5, 0.6) is 0 Å². The minimum atomic E-state index is -3.72. The van der Waals surface area contributed by atoms with Gasteiger partial charge in [0.1, 0.15) is 0 Å². The Morgan fingerprint density at radius 3 is 1.67 bits per heavy atom. The second-order valence-electron chi connectivity index (χ2n) is 6.75. The summed E-state index contributed by atoms with van der Waals surface area (Å²) in [5, 5.41) is 0. The van der Waals surface area contributed by atoms with Gasteiger partial charge in [-0.15, -0.1) is 0 Å². The van der Waals surface area contributed by atoms with Gasteiger partial charge in [0.2, 0.25) is 0 Å². The van der Waals surface area contributed by atoms with E-state index in [0.29, 0.717) is 0 Å². The summed E-state index contributed by atoms with van der Waals surface area (Å²) in [6.07, 6.45) is 5.93. The normalized spacial score (nSPS) is 16.4. The molecule has 0 aromatic carbocycles. The van der Waals surface area contributed by atoms with E-state index < -0.39 is 35.9 Å². The van der Waals surface area contributed by atoms with Crippen LogP contribution < -0.4 is 0 Å². The van der Waals surface area contributed by atoms with Gasteiger partial charge < -0.3 is 0 Å². The van der Waals surface area contributed by atoms with Crippen molar-refractivity contribution in [1.29, 1.82) is 0 Å². The van der Waals surface area contributed by atoms with E-state index >= 15 is 0 Å². The van der Waals surface area contributed by atoms with Crippen molar-refractivity contribution in [3.63, 3.8) is 0 Å². The van der Waals surface area contributed by atoms with Gasteiger partial charge in [0.25, 0.3) is 0 Å². The zero-order valence-electron chi connectivity index (χ0n) is 14.9. The third-order valence-electron chi connectivity index (χ3n) is 3.13. The molecule has 0 fully saturated rings. The molecule has 0 atom stereocenters. The summed E-state index contributed by atoms with van der Waals surface area (Å²) >= 11 is -5.12. The molecule has 0 N–H and O–H groups in total. The molecule has 122 valence electrons. The summed E-state index contributed by atoms with van der Waals surface area (Å²) in [4.78, 5) is 0. The zero-order chi connectivity index (χ0) is 16.2. The van der Waals surface area contributed by atoms with Crippen molar-refractivity contribution in [3.05, 3.63) is 19.8 Å². The molecule has 0 aromatic rings. The first-order valence-electron chi connectivity index (χ1n) is 8.11. The van der Waals surface area contributed by atoms with Gasteiger partial charge in [-0.3, -0.25) is 0 Å². The van der Waals surface area contributed by atoms with Crippen LogP contribution in [0, 0.1) is 0 Å². The van der Waals surface area contributed by atoms with E-state index in [0.717, 1.165) is 6.42 Å². The monoisotopic (exact) mass is 436 g/mol. The van der Waals surface area contributed by atoms with Crippen molar-refractivity contribution in [3.8, 4) is 0 Å². The average molecular weight is 436 g/mol. The summed E-state index contributed by atoms with van der Waals surface area (Å²) < 4.78 is 22.2. The van der Waals surface area contributed by atoms with Gasteiger partial charge in [0, 0.05) is 0 Å². The van der Waals surface area contributed by atoms with Crippen LogP contribution >= 0.6 is 0 Å². The predicted molar refractivity (Wildman–Crippen MR) is 88.3 cm³/mol. The molecule has 0 unspecified atom stereocenters. The molecule has 0 radical (unpaired) electrons. The van der Waals surface area contributed by atoms with Crippen molar-refractivity contribution < 1.29 is 30.0 Å². The molecular formula is C16H32GeO3Zr. The minimum absolute atomic E-state index is 0.132. The van der Waals surface area contributed by atoms with Gasteiger partial charge in [-0.2, -0.15) is 0 Å². The van der Waals surface area contributed by atoms with Crippen LogP contribution in [-0.4, -0.2) is 32.7 Å². The van der Waals surface area contributed by atoms with Crippen molar-refractivity contribution in [1.82, 2.24) is 0 Å². The number of hydrogen-bond acceptors (Lipinski definition) is 3. The van der Waals surface area contributed by atoms with E-state index in [-0.39, 0.29) is 18.3 Å². The van der Waals surface area contributed by atoms with Crippen molar-refractivity contribution in [2.75, 3.05) is 0 Å². The quantitative estimate of drug-likeness (QED) is 0.528. The van der Waals surface area contributed by atoms with Crippen molar-refractivity contribution >= 4 is 14.3 Å². The molecule has 0 spiro atoms. The standard InChI is InChI=1S/C7H11Ge.3C3H7O.Zr/c1-8(2)7-5-3-4-6-7;3*1-3(2)4;/h3,5,8H,4H2,1-2H3;3*3H,1-2H3;/q;3*-1;+3. The Morgan fingerprint density at radius 2 is 1.33 bits per heavy atom. The first kappa shape index (κ1) is 19.8. The van der Waals surface area contributed by atoms with Crippen LogP contribution in [0.3, 0.4) is 0 Å². The first-order chi connectivity index (χ1) is 9.68. The molecule has 1 aliphatic carbocycles. The Morgan fingerprint density at radius 1 is 0.905 bits per heavy atom. The van der Waals surface area contributed by atoms with Gasteiger partial charge >= 0.3 is 142 Å². The molecule has 0 bridgehead atoms. The fraction of sp³-hybridized carbons (Fsp3) is 0.750. The number of allylic oxidation sites excluding steroid dienone is 4. The molecule has 1 aliphatic rings. The Hall–Kier alpha value is 0.786. The van der Waals surface area contributed by atoms with Gasteiger partial charge in [-0.05, 0) is 0 Å². The van der Waals surface area contributed by atoms with Gasteiger partial charge in [0.05, 0.1) is 0 Å². The molecule has 3 nitrogen and oxygen atoms in total. The van der Waals surface area contributed by atoms with Crippen LogP contribution in [0.2, 0.25) is 11.5 Å². The van der Waals surface area contributed by atoms with E-state index in [9.17, 15) is 0 Å². The Kier molecular flexibility index (Phi) is 8.11. The molecule has 0 aromatic heterocycles. The maximum absolute atomic E-state index is 6.42. The van der Waals surface area contributed by atoms with Crippen LogP contribution in [0.1, 0.15) is 48.0 Å². The summed E-state index contributed by atoms with van der Waals surface area (Å²) in [5.41, 5.74) is 0. The van der Waals surface area contributed by atoms with Crippen LogP contribution in [0.25, 0.3) is 0 Å². The van der Waals surface area contributed by atoms with Crippen molar-refractivity contribution in [2.24, 2.45) is 0 Å². The summed E-state index contributed by atoms with van der Waals surface area (Å²) in [7, 11) is 0. The number of rotatable bonds is 8. The van der Waals surface area contributed by atoms with E-state index in [1.165, 1.54) is 3.28 Å². The fourth-order valence-electron chi connectivity index (χ4n) is 2.59. The summed E-state index contributed by atoms with van der Waals surface area (Å²) in [5.74, 6) is 4.82. The van der Waals surface area contributed by atoms with Crippen molar-refractivity contribution in [2.45, 2.75) is 77.8 Å². The molecule has 5 heteroatoms. The van der Waals surface area contributed by atoms with E-state index in [2.05, 4.69) is 65.2 Å². The SMILES string of the molecule is CC(C)[O][Zr]([O]C(C)C)([O]C(C)C)[C]1=[C]([GeH]([CH3])[CH3])C=CC1.